The van der Waals surface area contributed by atoms with Crippen molar-refractivity contribution in [3.63, 3.8) is 0 Å². The highest BCUT2D eigenvalue weighted by atomic mass is 16.5. The molecule has 0 saturated carbocycles. The quantitative estimate of drug-likeness (QED) is 0.374. The van der Waals surface area contributed by atoms with Gasteiger partial charge in [0, 0.05) is 16.8 Å². The van der Waals surface area contributed by atoms with Crippen LogP contribution in [0, 0.1) is 0 Å². The van der Waals surface area contributed by atoms with Crippen LogP contribution in [0.5, 0.6) is 11.5 Å². The number of nitrogens with one attached hydrogen (secondary N) is 1. The van der Waals surface area contributed by atoms with E-state index in [0.29, 0.717) is 34.6 Å². The SMILES string of the molecule is CC[C@H](C)c1ccc2oc(-c3ccc(NC(=O)c4ccc(OC)c(OC)c4)cc3)nc2c1. The predicted molar refractivity (Wildman–Crippen MR) is 126 cm³/mol. The monoisotopic (exact) mass is 430 g/mol. The van der Waals surface area contributed by atoms with Crippen LogP contribution in [0.25, 0.3) is 22.6 Å². The molecule has 164 valence electrons. The Labute approximate surface area is 187 Å². The predicted octanol–water partition coefficient (Wildman–Crippen LogP) is 6.28. The first kappa shape index (κ1) is 21.4. The third kappa shape index (κ3) is 4.30. The molecule has 0 spiro atoms. The highest BCUT2D eigenvalue weighted by molar-refractivity contribution is 6.04. The van der Waals surface area contributed by atoms with Crippen molar-refractivity contribution in [1.82, 2.24) is 4.98 Å². The van der Waals surface area contributed by atoms with Crippen LogP contribution in [0.4, 0.5) is 5.69 Å². The molecule has 0 radical (unpaired) electrons. The fourth-order valence-electron chi connectivity index (χ4n) is 3.49. The molecule has 1 N–H and O–H groups in total. The van der Waals surface area contributed by atoms with E-state index in [4.69, 9.17) is 13.9 Å². The zero-order chi connectivity index (χ0) is 22.7. The lowest BCUT2D eigenvalue weighted by molar-refractivity contribution is 0.102. The molecule has 0 aliphatic rings. The van der Waals surface area contributed by atoms with Crippen LogP contribution in [0.1, 0.15) is 42.1 Å². The van der Waals surface area contributed by atoms with Gasteiger partial charge in [-0.25, -0.2) is 4.98 Å². The van der Waals surface area contributed by atoms with E-state index in [2.05, 4.69) is 36.3 Å². The summed E-state index contributed by atoms with van der Waals surface area (Å²) < 4.78 is 16.4. The minimum Gasteiger partial charge on any atom is -0.493 e. The molecule has 32 heavy (non-hydrogen) atoms. The Morgan fingerprint density at radius 1 is 1.00 bits per heavy atom. The zero-order valence-electron chi connectivity index (χ0n) is 18.6. The van der Waals surface area contributed by atoms with Gasteiger partial charge in [-0.3, -0.25) is 4.79 Å². The number of hydrogen-bond donors (Lipinski definition) is 1. The lowest BCUT2D eigenvalue weighted by Gasteiger charge is -2.10. The molecule has 4 aromatic rings. The average molecular weight is 431 g/mol. The van der Waals surface area contributed by atoms with Gasteiger partial charge in [-0.1, -0.05) is 19.9 Å². The normalized spacial score (nSPS) is 11.9. The Hall–Kier alpha value is -3.80. The van der Waals surface area contributed by atoms with Crippen LogP contribution in [-0.2, 0) is 0 Å². The summed E-state index contributed by atoms with van der Waals surface area (Å²) in [4.78, 5) is 17.3. The maximum atomic E-state index is 12.6. The van der Waals surface area contributed by atoms with Gasteiger partial charge in [0.1, 0.15) is 5.52 Å². The number of aromatic nitrogens is 1. The van der Waals surface area contributed by atoms with Crippen molar-refractivity contribution in [2.75, 3.05) is 19.5 Å². The molecular formula is C26H26N2O4. The standard InChI is InChI=1S/C26H26N2O4/c1-5-16(2)18-8-12-22-21(14-18)28-26(32-22)17-6-10-20(11-7-17)27-25(29)19-9-13-23(30-3)24(15-19)31-4/h6-16H,5H2,1-4H3,(H,27,29)/t16-/m0/s1. The number of nitrogens with zero attached hydrogens (tertiary/aromatic N) is 1. The summed E-state index contributed by atoms with van der Waals surface area (Å²) in [5.74, 6) is 1.87. The summed E-state index contributed by atoms with van der Waals surface area (Å²) in [6.45, 7) is 4.38. The molecule has 1 amide bonds. The Balaban J connectivity index is 1.51. The first-order valence-corrected chi connectivity index (χ1v) is 10.6. The molecule has 0 unspecified atom stereocenters. The van der Waals surface area contributed by atoms with E-state index in [-0.39, 0.29) is 5.91 Å². The van der Waals surface area contributed by atoms with E-state index in [1.807, 2.05) is 30.3 Å². The van der Waals surface area contributed by atoms with Crippen molar-refractivity contribution >= 4 is 22.7 Å². The van der Waals surface area contributed by atoms with E-state index in [9.17, 15) is 4.79 Å². The lowest BCUT2D eigenvalue weighted by atomic mass is 9.98. The van der Waals surface area contributed by atoms with Gasteiger partial charge < -0.3 is 19.2 Å². The maximum absolute atomic E-state index is 12.6. The van der Waals surface area contributed by atoms with Gasteiger partial charge in [-0.05, 0) is 72.5 Å². The molecule has 0 bridgehead atoms. The Bertz CT molecular complexity index is 1240. The smallest absolute Gasteiger partial charge is 0.255 e. The third-order valence-corrected chi connectivity index (χ3v) is 5.63. The number of benzene rings is 3. The number of hydrogen-bond acceptors (Lipinski definition) is 5. The molecule has 0 saturated heterocycles. The lowest BCUT2D eigenvalue weighted by Crippen LogP contribution is -2.12. The fourth-order valence-corrected chi connectivity index (χ4v) is 3.49. The number of oxazole rings is 1. The molecule has 3 aromatic carbocycles. The van der Waals surface area contributed by atoms with Gasteiger partial charge in [0.2, 0.25) is 5.89 Å². The van der Waals surface area contributed by atoms with Crippen molar-refractivity contribution < 1.29 is 18.7 Å². The van der Waals surface area contributed by atoms with Gasteiger partial charge in [0.05, 0.1) is 14.2 Å². The molecule has 1 heterocycles. The third-order valence-electron chi connectivity index (χ3n) is 5.63. The number of carbonyl (C=O) groups excluding carboxylic acids is 1. The highest BCUT2D eigenvalue weighted by Gasteiger charge is 2.13. The van der Waals surface area contributed by atoms with Gasteiger partial charge in [-0.2, -0.15) is 0 Å². The summed E-state index contributed by atoms with van der Waals surface area (Å²) in [6.07, 6.45) is 1.08. The Morgan fingerprint density at radius 3 is 2.44 bits per heavy atom. The van der Waals surface area contributed by atoms with Crippen molar-refractivity contribution in [3.8, 4) is 23.0 Å². The molecule has 0 aliphatic heterocycles. The first-order valence-electron chi connectivity index (χ1n) is 10.6. The number of methoxy groups -OCH3 is 2. The molecule has 0 fully saturated rings. The number of carbonyl (C=O) groups is 1. The minimum absolute atomic E-state index is 0.238. The maximum Gasteiger partial charge on any atom is 0.255 e. The van der Waals surface area contributed by atoms with Crippen LogP contribution in [0.15, 0.2) is 65.1 Å². The molecule has 1 atom stereocenters. The zero-order valence-corrected chi connectivity index (χ0v) is 18.6. The second-order valence-electron chi connectivity index (χ2n) is 7.66. The van der Waals surface area contributed by atoms with Crippen LogP contribution < -0.4 is 14.8 Å². The van der Waals surface area contributed by atoms with Crippen molar-refractivity contribution in [2.24, 2.45) is 0 Å². The minimum atomic E-state index is -0.238. The molecule has 6 heteroatoms. The van der Waals surface area contributed by atoms with Crippen molar-refractivity contribution in [1.29, 1.82) is 0 Å². The van der Waals surface area contributed by atoms with Crippen LogP contribution in [0.3, 0.4) is 0 Å². The molecular weight excluding hydrogens is 404 g/mol. The summed E-state index contributed by atoms with van der Waals surface area (Å²) in [7, 11) is 3.09. The topological polar surface area (TPSA) is 73.6 Å². The van der Waals surface area contributed by atoms with Gasteiger partial charge in [0.15, 0.2) is 17.1 Å². The second-order valence-corrected chi connectivity index (χ2v) is 7.66. The van der Waals surface area contributed by atoms with Crippen molar-refractivity contribution in [3.05, 3.63) is 71.8 Å². The number of rotatable bonds is 7. The second kappa shape index (κ2) is 9.14. The summed E-state index contributed by atoms with van der Waals surface area (Å²) in [5, 5.41) is 2.89. The highest BCUT2D eigenvalue weighted by Crippen LogP contribution is 2.30. The average Bonchev–Trinajstić information content (AvgIpc) is 3.26. The summed E-state index contributed by atoms with van der Waals surface area (Å²) in [6, 6.07) is 18.6. The number of ether oxygens (including phenoxy) is 2. The van der Waals surface area contributed by atoms with Crippen molar-refractivity contribution in [2.45, 2.75) is 26.2 Å². The van der Waals surface area contributed by atoms with E-state index >= 15 is 0 Å². The number of amides is 1. The number of anilines is 1. The van der Waals surface area contributed by atoms with Gasteiger partial charge >= 0.3 is 0 Å². The van der Waals surface area contributed by atoms with Crippen LogP contribution in [-0.4, -0.2) is 25.1 Å². The van der Waals surface area contributed by atoms with E-state index in [1.165, 1.54) is 12.7 Å². The molecule has 0 aliphatic carbocycles. The van der Waals surface area contributed by atoms with Gasteiger partial charge in [-0.15, -0.1) is 0 Å². The first-order chi connectivity index (χ1) is 15.5. The Kier molecular flexibility index (Phi) is 6.12. The summed E-state index contributed by atoms with van der Waals surface area (Å²) >= 11 is 0. The van der Waals surface area contributed by atoms with Crippen LogP contribution in [0.2, 0.25) is 0 Å². The number of fused-ring (bicyclic) bond motifs is 1. The van der Waals surface area contributed by atoms with Gasteiger partial charge in [0.25, 0.3) is 5.91 Å². The molecule has 1 aromatic heterocycles. The fraction of sp³-hybridized carbons (Fsp3) is 0.231. The summed E-state index contributed by atoms with van der Waals surface area (Å²) in [5.41, 5.74) is 4.86. The van der Waals surface area contributed by atoms with E-state index < -0.39 is 0 Å². The Morgan fingerprint density at radius 2 is 1.75 bits per heavy atom. The molecule has 4 rings (SSSR count). The van der Waals surface area contributed by atoms with Crippen LogP contribution >= 0.6 is 0 Å². The van der Waals surface area contributed by atoms with E-state index in [0.717, 1.165) is 23.1 Å². The largest absolute Gasteiger partial charge is 0.493 e. The van der Waals surface area contributed by atoms with E-state index in [1.54, 1.807) is 25.3 Å². The molecule has 6 nitrogen and oxygen atoms in total.